The van der Waals surface area contributed by atoms with E-state index in [-0.39, 0.29) is 11.7 Å². The van der Waals surface area contributed by atoms with Gasteiger partial charge in [0.15, 0.2) is 0 Å². The molecule has 4 nitrogen and oxygen atoms in total. The second-order valence-corrected chi connectivity index (χ2v) is 5.84. The summed E-state index contributed by atoms with van der Waals surface area (Å²) in [5.74, 6) is 0. The lowest BCUT2D eigenvalue weighted by molar-refractivity contribution is -0.384. The number of halogens is 1. The SMILES string of the molecule is CCCC(Nc1cc(Cl)ccc1[N+](=O)[O-])c1cccs1. The first-order chi connectivity index (χ1) is 9.61. The third kappa shape index (κ3) is 3.49. The van der Waals surface area contributed by atoms with Gasteiger partial charge in [-0.25, -0.2) is 0 Å². The van der Waals surface area contributed by atoms with Gasteiger partial charge in [0.2, 0.25) is 0 Å². The van der Waals surface area contributed by atoms with E-state index in [9.17, 15) is 10.1 Å². The molecule has 0 fully saturated rings. The van der Waals surface area contributed by atoms with Crippen molar-refractivity contribution in [2.75, 3.05) is 5.32 Å². The molecule has 1 unspecified atom stereocenters. The summed E-state index contributed by atoms with van der Waals surface area (Å²) in [5.41, 5.74) is 0.515. The first-order valence-electron chi connectivity index (χ1n) is 6.35. The zero-order chi connectivity index (χ0) is 14.5. The van der Waals surface area contributed by atoms with Crippen LogP contribution in [0.1, 0.15) is 30.7 Å². The molecule has 6 heteroatoms. The molecule has 0 radical (unpaired) electrons. The first kappa shape index (κ1) is 14.8. The number of nitro groups is 1. The lowest BCUT2D eigenvalue weighted by Crippen LogP contribution is -2.10. The predicted molar refractivity (Wildman–Crippen MR) is 83.7 cm³/mol. The Morgan fingerprint density at radius 2 is 2.25 bits per heavy atom. The summed E-state index contributed by atoms with van der Waals surface area (Å²) in [5, 5.41) is 16.8. The second kappa shape index (κ2) is 6.72. The summed E-state index contributed by atoms with van der Waals surface area (Å²) in [6.07, 6.45) is 1.90. The fraction of sp³-hybridized carbons (Fsp3) is 0.286. The van der Waals surface area contributed by atoms with Gasteiger partial charge in [-0.3, -0.25) is 10.1 Å². The molecule has 1 aromatic heterocycles. The number of nitrogens with zero attached hydrogens (tertiary/aromatic N) is 1. The lowest BCUT2D eigenvalue weighted by Gasteiger charge is -2.18. The van der Waals surface area contributed by atoms with Crippen LogP contribution in [0, 0.1) is 10.1 Å². The number of hydrogen-bond acceptors (Lipinski definition) is 4. The van der Waals surface area contributed by atoms with E-state index in [0.717, 1.165) is 12.8 Å². The minimum Gasteiger partial charge on any atom is -0.372 e. The van der Waals surface area contributed by atoms with E-state index in [1.807, 2.05) is 17.5 Å². The number of benzene rings is 1. The van der Waals surface area contributed by atoms with Crippen LogP contribution >= 0.6 is 22.9 Å². The van der Waals surface area contributed by atoms with Crippen molar-refractivity contribution in [3.63, 3.8) is 0 Å². The number of thiophene rings is 1. The van der Waals surface area contributed by atoms with E-state index >= 15 is 0 Å². The Hall–Kier alpha value is -1.59. The van der Waals surface area contributed by atoms with Crippen LogP contribution in [0.3, 0.4) is 0 Å². The van der Waals surface area contributed by atoms with E-state index < -0.39 is 4.92 Å². The summed E-state index contributed by atoms with van der Waals surface area (Å²) in [7, 11) is 0. The molecular formula is C14H15ClN2O2S. The topological polar surface area (TPSA) is 55.2 Å². The van der Waals surface area contributed by atoms with Crippen LogP contribution in [0.25, 0.3) is 0 Å². The molecule has 2 rings (SSSR count). The van der Waals surface area contributed by atoms with Gasteiger partial charge in [0, 0.05) is 16.0 Å². The molecule has 0 saturated heterocycles. The number of rotatable bonds is 6. The minimum atomic E-state index is -0.393. The van der Waals surface area contributed by atoms with Gasteiger partial charge in [0.25, 0.3) is 5.69 Å². The van der Waals surface area contributed by atoms with Crippen LogP contribution in [0.5, 0.6) is 0 Å². The van der Waals surface area contributed by atoms with E-state index in [2.05, 4.69) is 12.2 Å². The zero-order valence-electron chi connectivity index (χ0n) is 11.0. The number of nitrogens with one attached hydrogen (secondary N) is 1. The van der Waals surface area contributed by atoms with Crippen molar-refractivity contribution >= 4 is 34.3 Å². The highest BCUT2D eigenvalue weighted by molar-refractivity contribution is 7.10. The summed E-state index contributed by atoms with van der Waals surface area (Å²) in [6.45, 7) is 2.09. The molecule has 0 aliphatic carbocycles. The highest BCUT2D eigenvalue weighted by Gasteiger charge is 2.18. The molecule has 20 heavy (non-hydrogen) atoms. The van der Waals surface area contributed by atoms with Crippen molar-refractivity contribution in [3.8, 4) is 0 Å². The fourth-order valence-corrected chi connectivity index (χ4v) is 3.02. The van der Waals surface area contributed by atoms with Crippen LogP contribution in [-0.2, 0) is 0 Å². The molecule has 106 valence electrons. The van der Waals surface area contributed by atoms with E-state index in [4.69, 9.17) is 11.6 Å². The van der Waals surface area contributed by atoms with Gasteiger partial charge < -0.3 is 5.32 Å². The monoisotopic (exact) mass is 310 g/mol. The molecule has 0 amide bonds. The normalized spacial score (nSPS) is 12.1. The predicted octanol–water partition coefficient (Wildman–Crippen LogP) is 5.26. The largest absolute Gasteiger partial charge is 0.372 e. The molecule has 0 saturated carbocycles. The Balaban J connectivity index is 2.30. The average molecular weight is 311 g/mol. The summed E-state index contributed by atoms with van der Waals surface area (Å²) < 4.78 is 0. The van der Waals surface area contributed by atoms with Gasteiger partial charge in [-0.2, -0.15) is 0 Å². The van der Waals surface area contributed by atoms with Crippen LogP contribution < -0.4 is 5.32 Å². The summed E-state index contributed by atoms with van der Waals surface area (Å²) >= 11 is 7.59. The van der Waals surface area contributed by atoms with Crippen molar-refractivity contribution in [2.45, 2.75) is 25.8 Å². The maximum absolute atomic E-state index is 11.1. The summed E-state index contributed by atoms with van der Waals surface area (Å²) in [4.78, 5) is 11.9. The van der Waals surface area contributed by atoms with Crippen LogP contribution in [0.15, 0.2) is 35.7 Å². The van der Waals surface area contributed by atoms with E-state index in [1.54, 1.807) is 17.4 Å². The Labute approximate surface area is 126 Å². The number of anilines is 1. The van der Waals surface area contributed by atoms with Gasteiger partial charge >= 0.3 is 0 Å². The Morgan fingerprint density at radius 1 is 1.45 bits per heavy atom. The van der Waals surface area contributed by atoms with Crippen LogP contribution in [0.4, 0.5) is 11.4 Å². The van der Waals surface area contributed by atoms with Gasteiger partial charge in [-0.1, -0.05) is 31.0 Å². The highest BCUT2D eigenvalue weighted by atomic mass is 35.5. The molecule has 0 spiro atoms. The zero-order valence-corrected chi connectivity index (χ0v) is 12.6. The maximum Gasteiger partial charge on any atom is 0.292 e. The van der Waals surface area contributed by atoms with E-state index in [0.29, 0.717) is 10.7 Å². The van der Waals surface area contributed by atoms with Gasteiger partial charge in [0.05, 0.1) is 11.0 Å². The molecule has 1 heterocycles. The molecule has 0 bridgehead atoms. The quantitative estimate of drug-likeness (QED) is 0.584. The number of nitro benzene ring substituents is 1. The molecule has 1 aromatic carbocycles. The van der Waals surface area contributed by atoms with Gasteiger partial charge in [0.1, 0.15) is 5.69 Å². The first-order valence-corrected chi connectivity index (χ1v) is 7.61. The molecule has 2 aromatic rings. The Kier molecular flexibility index (Phi) is 4.98. The third-order valence-corrected chi connectivity index (χ3v) is 4.17. The lowest BCUT2D eigenvalue weighted by atomic mass is 10.1. The smallest absolute Gasteiger partial charge is 0.292 e. The summed E-state index contributed by atoms with van der Waals surface area (Å²) in [6, 6.07) is 8.66. The Morgan fingerprint density at radius 3 is 2.85 bits per heavy atom. The van der Waals surface area contributed by atoms with Crippen molar-refractivity contribution in [3.05, 3.63) is 55.7 Å². The Bertz CT molecular complexity index is 587. The molecule has 0 aliphatic rings. The van der Waals surface area contributed by atoms with Gasteiger partial charge in [-0.05, 0) is 30.0 Å². The molecule has 1 N–H and O–H groups in total. The second-order valence-electron chi connectivity index (χ2n) is 4.42. The van der Waals surface area contributed by atoms with Crippen molar-refractivity contribution in [2.24, 2.45) is 0 Å². The minimum absolute atomic E-state index is 0.0482. The molecule has 1 atom stereocenters. The third-order valence-electron chi connectivity index (χ3n) is 2.95. The molecule has 0 aliphatic heterocycles. The van der Waals surface area contributed by atoms with Crippen LogP contribution in [-0.4, -0.2) is 4.92 Å². The van der Waals surface area contributed by atoms with Crippen molar-refractivity contribution < 1.29 is 4.92 Å². The van der Waals surface area contributed by atoms with Crippen LogP contribution in [0.2, 0.25) is 5.02 Å². The van der Waals surface area contributed by atoms with Crippen molar-refractivity contribution in [1.29, 1.82) is 0 Å². The highest BCUT2D eigenvalue weighted by Crippen LogP contribution is 2.33. The fourth-order valence-electron chi connectivity index (χ4n) is 2.03. The average Bonchev–Trinajstić information content (AvgIpc) is 2.91. The number of hydrogen-bond donors (Lipinski definition) is 1. The standard InChI is InChI=1S/C14H15ClN2O2S/c1-2-4-11(14-5-3-8-20-14)16-12-9-10(15)6-7-13(12)17(18)19/h3,5-9,11,16H,2,4H2,1H3. The molecular weight excluding hydrogens is 296 g/mol. The van der Waals surface area contributed by atoms with Crippen molar-refractivity contribution in [1.82, 2.24) is 0 Å². The maximum atomic E-state index is 11.1. The van der Waals surface area contributed by atoms with E-state index in [1.165, 1.54) is 17.0 Å². The van der Waals surface area contributed by atoms with Gasteiger partial charge in [-0.15, -0.1) is 11.3 Å².